The maximum absolute atomic E-state index is 14.1. The van der Waals surface area contributed by atoms with Crippen LogP contribution in [0.3, 0.4) is 0 Å². The molecular formula is C26H29F2N5O4S. The van der Waals surface area contributed by atoms with Gasteiger partial charge >= 0.3 is 0 Å². The fraction of sp³-hybridized carbons (Fsp3) is 0.462. The van der Waals surface area contributed by atoms with Crippen molar-refractivity contribution in [3.63, 3.8) is 0 Å². The first-order valence-electron chi connectivity index (χ1n) is 12.4. The van der Waals surface area contributed by atoms with Gasteiger partial charge in [-0.25, -0.2) is 8.78 Å². The van der Waals surface area contributed by atoms with E-state index in [1.54, 1.807) is 12.0 Å². The van der Waals surface area contributed by atoms with Gasteiger partial charge in [-0.2, -0.15) is 0 Å². The Morgan fingerprint density at radius 1 is 1.16 bits per heavy atom. The van der Waals surface area contributed by atoms with E-state index in [0.29, 0.717) is 24.4 Å². The Morgan fingerprint density at radius 3 is 2.50 bits per heavy atom. The number of hydrogen-bond donors (Lipinski definition) is 1. The van der Waals surface area contributed by atoms with Crippen LogP contribution < -0.4 is 10.4 Å². The maximum atomic E-state index is 14.1. The van der Waals surface area contributed by atoms with Crippen LogP contribution in [0.25, 0.3) is 10.6 Å². The molecule has 12 heteroatoms. The van der Waals surface area contributed by atoms with Crippen LogP contribution in [0.5, 0.6) is 5.75 Å². The molecule has 1 spiro atoms. The van der Waals surface area contributed by atoms with Crippen molar-refractivity contribution in [2.75, 3.05) is 25.7 Å². The van der Waals surface area contributed by atoms with Crippen molar-refractivity contribution in [2.24, 2.45) is 0 Å². The lowest BCUT2D eigenvalue weighted by molar-refractivity contribution is -0.0709. The van der Waals surface area contributed by atoms with Crippen molar-refractivity contribution < 1.29 is 23.4 Å². The zero-order valence-corrected chi connectivity index (χ0v) is 22.4. The van der Waals surface area contributed by atoms with E-state index in [4.69, 9.17) is 4.74 Å². The van der Waals surface area contributed by atoms with Crippen LogP contribution in [0.1, 0.15) is 60.6 Å². The fourth-order valence-corrected chi connectivity index (χ4v) is 6.42. The Bertz CT molecular complexity index is 1460. The Balaban J connectivity index is 1.55. The molecule has 1 amide bonds. The van der Waals surface area contributed by atoms with Gasteiger partial charge in [0.05, 0.1) is 11.2 Å². The summed E-state index contributed by atoms with van der Waals surface area (Å²) in [6, 6.07) is 3.30. The Morgan fingerprint density at radius 2 is 1.87 bits per heavy atom. The predicted molar refractivity (Wildman–Crippen MR) is 138 cm³/mol. The third-order valence-electron chi connectivity index (χ3n) is 8.01. The van der Waals surface area contributed by atoms with Crippen LogP contribution in [0.2, 0.25) is 0 Å². The van der Waals surface area contributed by atoms with Crippen molar-refractivity contribution in [3.8, 4) is 16.3 Å². The molecule has 202 valence electrons. The zero-order valence-electron chi connectivity index (χ0n) is 21.6. The van der Waals surface area contributed by atoms with E-state index in [-0.39, 0.29) is 33.9 Å². The number of ether oxygens (including phenoxy) is 1. The number of aromatic nitrogens is 3. The van der Waals surface area contributed by atoms with Crippen molar-refractivity contribution >= 4 is 17.2 Å². The Hall–Kier alpha value is -3.38. The highest BCUT2D eigenvalue weighted by atomic mass is 32.1. The van der Waals surface area contributed by atoms with Crippen LogP contribution in [0, 0.1) is 11.6 Å². The number of rotatable bonds is 5. The first-order valence-corrected chi connectivity index (χ1v) is 13.2. The second-order valence-electron chi connectivity index (χ2n) is 10.0. The molecule has 0 saturated heterocycles. The summed E-state index contributed by atoms with van der Waals surface area (Å²) < 4.78 is 34.7. The number of aromatic hydroxyl groups is 1. The van der Waals surface area contributed by atoms with Gasteiger partial charge in [0.1, 0.15) is 22.3 Å². The van der Waals surface area contributed by atoms with Crippen molar-refractivity contribution in [2.45, 2.75) is 57.2 Å². The topological polar surface area (TPSA) is 101 Å². The molecule has 1 saturated carbocycles. The maximum Gasteiger partial charge on any atom is 0.278 e. The van der Waals surface area contributed by atoms with Crippen LogP contribution in [0.15, 0.2) is 29.2 Å². The summed E-state index contributed by atoms with van der Waals surface area (Å²) in [5.74, 6) is -2.45. The van der Waals surface area contributed by atoms with Crippen molar-refractivity contribution in [1.29, 1.82) is 0 Å². The molecule has 1 aliphatic carbocycles. The molecule has 0 unspecified atom stereocenters. The number of hydrogen-bond acceptors (Lipinski definition) is 8. The molecule has 3 heterocycles. The predicted octanol–water partition coefficient (Wildman–Crippen LogP) is 3.66. The number of benzene rings is 1. The lowest BCUT2D eigenvalue weighted by atomic mass is 9.77. The molecule has 38 heavy (non-hydrogen) atoms. The summed E-state index contributed by atoms with van der Waals surface area (Å²) in [7, 11) is 3.53. The molecule has 2 aliphatic rings. The van der Waals surface area contributed by atoms with Gasteiger partial charge in [0, 0.05) is 39.4 Å². The quantitative estimate of drug-likeness (QED) is 0.522. The van der Waals surface area contributed by atoms with Gasteiger partial charge in [-0.3, -0.25) is 19.3 Å². The number of methoxy groups -OCH3 is 1. The molecule has 3 aromatic rings. The summed E-state index contributed by atoms with van der Waals surface area (Å²) in [5, 5.41) is 21.7. The standard InChI is InChI=1S/C26H29F2N5O4S/c1-5-32-24(36)20-22(35)21(34)17(14-33(20)31(3)26(32)10-8-25(2,37-4)9-11-26)23-30-29-19(38-23)12-15-6-7-16(27)13-18(15)28/h6-7,13-14,35H,5,8-12H2,1-4H3. The van der Waals surface area contributed by atoms with Crippen molar-refractivity contribution in [1.82, 2.24) is 19.8 Å². The molecule has 1 N–H and O–H groups in total. The molecule has 2 aromatic heterocycles. The molecule has 1 fully saturated rings. The van der Waals surface area contributed by atoms with Gasteiger partial charge in [-0.15, -0.1) is 10.2 Å². The summed E-state index contributed by atoms with van der Waals surface area (Å²) in [4.78, 5) is 28.6. The summed E-state index contributed by atoms with van der Waals surface area (Å²) in [5.41, 5.74) is -1.48. The highest BCUT2D eigenvalue weighted by Gasteiger charge is 2.53. The fourth-order valence-electron chi connectivity index (χ4n) is 5.55. The molecule has 5 rings (SSSR count). The van der Waals surface area contributed by atoms with E-state index in [9.17, 15) is 23.5 Å². The van der Waals surface area contributed by atoms with Gasteiger partial charge in [0.25, 0.3) is 5.91 Å². The van der Waals surface area contributed by atoms with Crippen LogP contribution in [-0.2, 0) is 11.2 Å². The average molecular weight is 546 g/mol. The lowest BCUT2D eigenvalue weighted by Gasteiger charge is -2.57. The number of halogens is 2. The third-order valence-corrected chi connectivity index (χ3v) is 8.97. The normalized spacial score (nSPS) is 23.3. The van der Waals surface area contributed by atoms with E-state index in [0.717, 1.165) is 36.3 Å². The first kappa shape index (κ1) is 26.2. The van der Waals surface area contributed by atoms with E-state index < -0.39 is 34.4 Å². The van der Waals surface area contributed by atoms with Crippen LogP contribution >= 0.6 is 11.3 Å². The lowest BCUT2D eigenvalue weighted by Crippen LogP contribution is -2.71. The average Bonchev–Trinajstić information content (AvgIpc) is 3.36. The molecule has 0 radical (unpaired) electrons. The largest absolute Gasteiger partial charge is 0.502 e. The van der Waals surface area contributed by atoms with E-state index in [1.165, 1.54) is 16.9 Å². The highest BCUT2D eigenvalue weighted by Crippen LogP contribution is 2.44. The monoisotopic (exact) mass is 545 g/mol. The minimum absolute atomic E-state index is 0.0628. The molecule has 1 aliphatic heterocycles. The number of nitrogens with zero attached hydrogens (tertiary/aromatic N) is 5. The number of amides is 1. The SMILES string of the molecule is CCN1C(=O)c2c(O)c(=O)c(-c3nnc(Cc4ccc(F)cc4F)s3)cn2N(C)C12CCC(C)(OC)CC2. The third kappa shape index (κ3) is 4.06. The summed E-state index contributed by atoms with van der Waals surface area (Å²) in [6.07, 6.45) is 4.31. The Kier molecular flexibility index (Phi) is 6.50. The van der Waals surface area contributed by atoms with Crippen molar-refractivity contribution in [3.05, 3.63) is 62.5 Å². The van der Waals surface area contributed by atoms with Crippen LogP contribution in [0.4, 0.5) is 8.78 Å². The second kappa shape index (κ2) is 9.42. The van der Waals surface area contributed by atoms with Crippen LogP contribution in [-0.4, -0.2) is 62.8 Å². The minimum atomic E-state index is -0.740. The first-order chi connectivity index (χ1) is 18.0. The molecular weight excluding hydrogens is 516 g/mol. The van der Waals surface area contributed by atoms with Gasteiger partial charge in [0.15, 0.2) is 16.5 Å². The molecule has 0 atom stereocenters. The Labute approximate surface area is 222 Å². The van der Waals surface area contributed by atoms with Gasteiger partial charge < -0.3 is 14.7 Å². The summed E-state index contributed by atoms with van der Waals surface area (Å²) >= 11 is 1.07. The van der Waals surface area contributed by atoms with Gasteiger partial charge in [-0.1, -0.05) is 17.4 Å². The highest BCUT2D eigenvalue weighted by molar-refractivity contribution is 7.14. The number of pyridine rings is 1. The number of carbonyl (C=O) groups is 1. The number of fused-ring (bicyclic) bond motifs is 1. The molecule has 0 bridgehead atoms. The summed E-state index contributed by atoms with van der Waals surface area (Å²) in [6.45, 7) is 4.34. The van der Waals surface area contributed by atoms with Gasteiger partial charge in [0.2, 0.25) is 5.43 Å². The second-order valence-corrected chi connectivity index (χ2v) is 11.1. The van der Waals surface area contributed by atoms with E-state index in [1.807, 2.05) is 19.0 Å². The zero-order chi connectivity index (χ0) is 27.4. The minimum Gasteiger partial charge on any atom is -0.502 e. The van der Waals surface area contributed by atoms with E-state index in [2.05, 4.69) is 17.1 Å². The number of carbonyl (C=O) groups excluding carboxylic acids is 1. The molecule has 1 aromatic carbocycles. The smallest absolute Gasteiger partial charge is 0.278 e. The van der Waals surface area contributed by atoms with Gasteiger partial charge in [-0.05, 0) is 51.2 Å². The van der Waals surface area contributed by atoms with E-state index >= 15 is 0 Å². The molecule has 9 nitrogen and oxygen atoms in total.